The number of H-pyrrole nitrogens is 1. The lowest BCUT2D eigenvalue weighted by Crippen LogP contribution is -2.44. The number of piperidine rings is 1. The van der Waals surface area contributed by atoms with Crippen molar-refractivity contribution in [3.8, 4) is 0 Å². The first kappa shape index (κ1) is 14.3. The molecule has 0 radical (unpaired) electrons. The predicted octanol–water partition coefficient (Wildman–Crippen LogP) is 3.02. The standard InChI is InChI=1S/C17H18N4OS/c22-16(15-11-12-3-1-2-4-14(12)20-15)19-13-5-8-21(9-6-13)17-18-7-10-23-17/h1-4,7,10-11,13,20H,5-6,8-9H2,(H,19,22). The topological polar surface area (TPSA) is 61.0 Å². The number of para-hydroxylation sites is 1. The third-order valence-corrected chi connectivity index (χ3v) is 5.13. The Balaban J connectivity index is 1.38. The Bertz CT molecular complexity index is 770. The number of benzene rings is 1. The molecular formula is C17H18N4OS. The van der Waals surface area contributed by atoms with Crippen LogP contribution in [0.4, 0.5) is 5.13 Å². The van der Waals surface area contributed by atoms with Gasteiger partial charge in [0.2, 0.25) is 0 Å². The second-order valence-electron chi connectivity index (χ2n) is 5.82. The fraction of sp³-hybridized carbons (Fsp3) is 0.294. The lowest BCUT2D eigenvalue weighted by molar-refractivity contribution is 0.0927. The van der Waals surface area contributed by atoms with Gasteiger partial charge in [0.25, 0.3) is 5.91 Å². The fourth-order valence-electron chi connectivity index (χ4n) is 3.05. The number of aromatic amines is 1. The van der Waals surface area contributed by atoms with Gasteiger partial charge in [-0.15, -0.1) is 11.3 Å². The molecule has 1 fully saturated rings. The highest BCUT2D eigenvalue weighted by Crippen LogP contribution is 2.22. The molecule has 1 aliphatic rings. The number of carbonyl (C=O) groups is 1. The third-order valence-electron chi connectivity index (χ3n) is 4.29. The van der Waals surface area contributed by atoms with Crippen LogP contribution in [-0.2, 0) is 0 Å². The molecule has 23 heavy (non-hydrogen) atoms. The summed E-state index contributed by atoms with van der Waals surface area (Å²) < 4.78 is 0. The summed E-state index contributed by atoms with van der Waals surface area (Å²) in [6.45, 7) is 1.87. The van der Waals surface area contributed by atoms with E-state index in [1.54, 1.807) is 11.3 Å². The van der Waals surface area contributed by atoms with Crippen molar-refractivity contribution in [1.29, 1.82) is 0 Å². The lowest BCUT2D eigenvalue weighted by atomic mass is 10.1. The molecule has 0 aliphatic carbocycles. The Kier molecular flexibility index (Phi) is 3.75. The number of hydrogen-bond donors (Lipinski definition) is 2. The Labute approximate surface area is 138 Å². The van der Waals surface area contributed by atoms with Gasteiger partial charge in [0, 0.05) is 41.6 Å². The molecule has 0 atom stereocenters. The number of nitrogens with zero attached hydrogens (tertiary/aromatic N) is 2. The van der Waals surface area contributed by atoms with Gasteiger partial charge in [0.15, 0.2) is 5.13 Å². The maximum atomic E-state index is 12.4. The van der Waals surface area contributed by atoms with Gasteiger partial charge in [0.05, 0.1) is 0 Å². The summed E-state index contributed by atoms with van der Waals surface area (Å²) in [4.78, 5) is 22.2. The molecule has 118 valence electrons. The van der Waals surface area contributed by atoms with Gasteiger partial charge in [-0.2, -0.15) is 0 Å². The molecule has 2 aromatic heterocycles. The van der Waals surface area contributed by atoms with Crippen LogP contribution >= 0.6 is 11.3 Å². The van der Waals surface area contributed by atoms with Crippen LogP contribution in [0.1, 0.15) is 23.3 Å². The van der Waals surface area contributed by atoms with E-state index in [1.807, 2.05) is 41.9 Å². The summed E-state index contributed by atoms with van der Waals surface area (Å²) in [5.74, 6) is -0.0195. The van der Waals surface area contributed by atoms with Crippen LogP contribution in [0.15, 0.2) is 41.9 Å². The third kappa shape index (κ3) is 2.94. The average molecular weight is 326 g/mol. The second kappa shape index (κ2) is 6.04. The number of nitrogens with one attached hydrogen (secondary N) is 2. The normalized spacial score (nSPS) is 15.9. The van der Waals surface area contributed by atoms with Crippen LogP contribution in [0.2, 0.25) is 0 Å². The van der Waals surface area contributed by atoms with Crippen molar-refractivity contribution < 1.29 is 4.79 Å². The fourth-order valence-corrected chi connectivity index (χ4v) is 3.74. The monoisotopic (exact) mass is 326 g/mol. The van der Waals surface area contributed by atoms with Gasteiger partial charge in [-0.05, 0) is 25.0 Å². The van der Waals surface area contributed by atoms with Crippen molar-refractivity contribution in [2.75, 3.05) is 18.0 Å². The van der Waals surface area contributed by atoms with E-state index in [4.69, 9.17) is 0 Å². The number of carbonyl (C=O) groups excluding carboxylic acids is 1. The van der Waals surface area contributed by atoms with Gasteiger partial charge in [0.1, 0.15) is 5.69 Å². The van der Waals surface area contributed by atoms with Crippen molar-refractivity contribution in [3.63, 3.8) is 0 Å². The number of thiazole rings is 1. The van der Waals surface area contributed by atoms with E-state index < -0.39 is 0 Å². The minimum atomic E-state index is -0.0195. The van der Waals surface area contributed by atoms with Gasteiger partial charge >= 0.3 is 0 Å². The smallest absolute Gasteiger partial charge is 0.267 e. The zero-order chi connectivity index (χ0) is 15.6. The van der Waals surface area contributed by atoms with Crippen molar-refractivity contribution in [2.45, 2.75) is 18.9 Å². The van der Waals surface area contributed by atoms with Crippen LogP contribution in [-0.4, -0.2) is 35.0 Å². The molecule has 4 rings (SSSR count). The van der Waals surface area contributed by atoms with Crippen LogP contribution in [0.25, 0.3) is 10.9 Å². The van der Waals surface area contributed by atoms with E-state index in [9.17, 15) is 4.79 Å². The lowest BCUT2D eigenvalue weighted by Gasteiger charge is -2.32. The SMILES string of the molecule is O=C(NC1CCN(c2nccs2)CC1)c1cc2ccccc2[nH]1. The summed E-state index contributed by atoms with van der Waals surface area (Å²) in [5, 5.41) is 7.29. The van der Waals surface area contributed by atoms with Gasteiger partial charge < -0.3 is 15.2 Å². The maximum absolute atomic E-state index is 12.4. The number of rotatable bonds is 3. The minimum Gasteiger partial charge on any atom is -0.351 e. The predicted molar refractivity (Wildman–Crippen MR) is 93.1 cm³/mol. The molecule has 1 aliphatic heterocycles. The van der Waals surface area contributed by atoms with Crippen molar-refractivity contribution in [1.82, 2.24) is 15.3 Å². The van der Waals surface area contributed by atoms with Crippen molar-refractivity contribution >= 4 is 33.3 Å². The van der Waals surface area contributed by atoms with Crippen LogP contribution in [0.5, 0.6) is 0 Å². The highest BCUT2D eigenvalue weighted by Gasteiger charge is 2.22. The summed E-state index contributed by atoms with van der Waals surface area (Å²) in [5.41, 5.74) is 1.63. The number of aromatic nitrogens is 2. The summed E-state index contributed by atoms with van der Waals surface area (Å²) in [6.07, 6.45) is 3.74. The number of hydrogen-bond acceptors (Lipinski definition) is 4. The molecule has 0 bridgehead atoms. The molecule has 1 aromatic carbocycles. The molecule has 0 unspecified atom stereocenters. The van der Waals surface area contributed by atoms with E-state index in [0.29, 0.717) is 5.69 Å². The van der Waals surface area contributed by atoms with Crippen LogP contribution in [0.3, 0.4) is 0 Å². The number of anilines is 1. The summed E-state index contributed by atoms with van der Waals surface area (Å²) in [6, 6.07) is 10.1. The summed E-state index contributed by atoms with van der Waals surface area (Å²) in [7, 11) is 0. The molecule has 1 saturated heterocycles. The number of amides is 1. The van der Waals surface area contributed by atoms with E-state index in [2.05, 4.69) is 20.2 Å². The zero-order valence-corrected chi connectivity index (χ0v) is 13.5. The molecular weight excluding hydrogens is 308 g/mol. The summed E-state index contributed by atoms with van der Waals surface area (Å²) >= 11 is 1.67. The zero-order valence-electron chi connectivity index (χ0n) is 12.7. The minimum absolute atomic E-state index is 0.0195. The van der Waals surface area contributed by atoms with Crippen LogP contribution < -0.4 is 10.2 Å². The maximum Gasteiger partial charge on any atom is 0.267 e. The Morgan fingerprint density at radius 2 is 2.13 bits per heavy atom. The van der Waals surface area contributed by atoms with Crippen LogP contribution in [0, 0.1) is 0 Å². The molecule has 0 saturated carbocycles. The quantitative estimate of drug-likeness (QED) is 0.778. The molecule has 2 N–H and O–H groups in total. The Morgan fingerprint density at radius 3 is 2.87 bits per heavy atom. The highest BCUT2D eigenvalue weighted by molar-refractivity contribution is 7.13. The average Bonchev–Trinajstić information content (AvgIpc) is 3.25. The highest BCUT2D eigenvalue weighted by atomic mass is 32.1. The molecule has 3 aromatic rings. The number of fused-ring (bicyclic) bond motifs is 1. The molecule has 6 heteroatoms. The molecule has 5 nitrogen and oxygen atoms in total. The second-order valence-corrected chi connectivity index (χ2v) is 6.69. The van der Waals surface area contributed by atoms with Gasteiger partial charge in [-0.3, -0.25) is 4.79 Å². The molecule has 3 heterocycles. The first-order valence-corrected chi connectivity index (χ1v) is 8.70. The van der Waals surface area contributed by atoms with E-state index >= 15 is 0 Å². The van der Waals surface area contributed by atoms with Gasteiger partial charge in [-0.1, -0.05) is 18.2 Å². The Morgan fingerprint density at radius 1 is 1.30 bits per heavy atom. The van der Waals surface area contributed by atoms with Gasteiger partial charge in [-0.25, -0.2) is 4.98 Å². The first-order chi connectivity index (χ1) is 11.3. The Hall–Kier alpha value is -2.34. The van der Waals surface area contributed by atoms with E-state index in [0.717, 1.165) is 42.0 Å². The van der Waals surface area contributed by atoms with E-state index in [-0.39, 0.29) is 11.9 Å². The molecule has 0 spiro atoms. The van der Waals surface area contributed by atoms with E-state index in [1.165, 1.54) is 0 Å². The first-order valence-electron chi connectivity index (χ1n) is 7.83. The molecule has 1 amide bonds. The largest absolute Gasteiger partial charge is 0.351 e. The van der Waals surface area contributed by atoms with Crippen molar-refractivity contribution in [2.24, 2.45) is 0 Å². The van der Waals surface area contributed by atoms with Crippen molar-refractivity contribution in [3.05, 3.63) is 47.6 Å².